The SMILES string of the molecule is C=C/C(Cl)=C(\C(=C)Cl)C(=O)NCc1ccc(OC)c(OC)c1. The van der Waals surface area contributed by atoms with Crippen LogP contribution in [0, 0.1) is 0 Å². The first-order chi connectivity index (χ1) is 10.4. The average molecular weight is 342 g/mol. The first-order valence-electron chi connectivity index (χ1n) is 6.30. The second-order valence-corrected chi connectivity index (χ2v) is 5.07. The van der Waals surface area contributed by atoms with Crippen LogP contribution >= 0.6 is 23.2 Å². The Balaban J connectivity index is 2.88. The second kappa shape index (κ2) is 8.51. The van der Waals surface area contributed by atoms with Crippen LogP contribution < -0.4 is 14.8 Å². The number of benzene rings is 1. The van der Waals surface area contributed by atoms with Crippen molar-refractivity contribution in [2.45, 2.75) is 6.54 Å². The van der Waals surface area contributed by atoms with Crippen LogP contribution in [-0.2, 0) is 11.3 Å². The molecule has 0 spiro atoms. The van der Waals surface area contributed by atoms with Gasteiger partial charge in [0.1, 0.15) is 0 Å². The minimum Gasteiger partial charge on any atom is -0.493 e. The maximum absolute atomic E-state index is 12.1. The molecule has 0 fully saturated rings. The molecule has 0 aliphatic heterocycles. The van der Waals surface area contributed by atoms with Gasteiger partial charge in [-0.3, -0.25) is 4.79 Å². The number of nitrogens with one attached hydrogen (secondary N) is 1. The molecule has 6 heteroatoms. The molecule has 0 aliphatic carbocycles. The Morgan fingerprint density at radius 1 is 1.27 bits per heavy atom. The summed E-state index contributed by atoms with van der Waals surface area (Å²) >= 11 is 11.7. The van der Waals surface area contributed by atoms with Gasteiger partial charge in [-0.05, 0) is 23.8 Å². The molecule has 0 unspecified atom stereocenters. The molecule has 118 valence electrons. The summed E-state index contributed by atoms with van der Waals surface area (Å²) in [5.74, 6) is 0.762. The van der Waals surface area contributed by atoms with Crippen molar-refractivity contribution < 1.29 is 14.3 Å². The summed E-state index contributed by atoms with van der Waals surface area (Å²) in [6.07, 6.45) is 1.33. The maximum Gasteiger partial charge on any atom is 0.254 e. The number of carbonyl (C=O) groups is 1. The number of halogens is 2. The molecule has 1 aromatic rings. The highest BCUT2D eigenvalue weighted by Gasteiger charge is 2.15. The first-order valence-corrected chi connectivity index (χ1v) is 7.06. The predicted octanol–water partition coefficient (Wildman–Crippen LogP) is 3.75. The second-order valence-electron chi connectivity index (χ2n) is 4.20. The van der Waals surface area contributed by atoms with Crippen molar-refractivity contribution in [2.24, 2.45) is 0 Å². The molecule has 0 atom stereocenters. The summed E-state index contributed by atoms with van der Waals surface area (Å²) in [6.45, 7) is 7.31. The van der Waals surface area contributed by atoms with Gasteiger partial charge in [-0.15, -0.1) is 0 Å². The summed E-state index contributed by atoms with van der Waals surface area (Å²) in [4.78, 5) is 12.1. The monoisotopic (exact) mass is 341 g/mol. The number of rotatable bonds is 7. The molecule has 1 aromatic carbocycles. The predicted molar refractivity (Wildman–Crippen MR) is 89.5 cm³/mol. The van der Waals surface area contributed by atoms with Crippen LogP contribution in [0.1, 0.15) is 5.56 Å². The number of ether oxygens (including phenoxy) is 2. The van der Waals surface area contributed by atoms with Crippen LogP contribution in [0.15, 0.2) is 53.1 Å². The van der Waals surface area contributed by atoms with Crippen LogP contribution in [0.5, 0.6) is 11.5 Å². The Hall–Kier alpha value is -1.91. The molecule has 0 saturated heterocycles. The van der Waals surface area contributed by atoms with Gasteiger partial charge in [0.25, 0.3) is 5.91 Å². The molecular formula is C16H17Cl2NO3. The van der Waals surface area contributed by atoms with E-state index in [9.17, 15) is 4.79 Å². The van der Waals surface area contributed by atoms with Gasteiger partial charge in [0.05, 0.1) is 24.8 Å². The lowest BCUT2D eigenvalue weighted by atomic mass is 10.1. The minimum atomic E-state index is -0.431. The minimum absolute atomic E-state index is 0.0507. The molecule has 0 radical (unpaired) electrons. The number of hydrogen-bond acceptors (Lipinski definition) is 3. The molecule has 0 aliphatic rings. The number of carbonyl (C=O) groups excluding carboxylic acids is 1. The van der Waals surface area contributed by atoms with Gasteiger partial charge in [-0.25, -0.2) is 0 Å². The Morgan fingerprint density at radius 2 is 1.91 bits per heavy atom. The Morgan fingerprint density at radius 3 is 2.41 bits per heavy atom. The van der Waals surface area contributed by atoms with Gasteiger partial charge in [0.2, 0.25) is 0 Å². The van der Waals surface area contributed by atoms with E-state index in [2.05, 4.69) is 18.5 Å². The Labute approximate surface area is 140 Å². The zero-order valence-corrected chi connectivity index (χ0v) is 13.9. The number of amides is 1. The van der Waals surface area contributed by atoms with Crippen molar-refractivity contribution in [1.82, 2.24) is 5.32 Å². The molecule has 4 nitrogen and oxygen atoms in total. The van der Waals surface area contributed by atoms with Gasteiger partial charge in [0, 0.05) is 11.6 Å². The van der Waals surface area contributed by atoms with Crippen LogP contribution in [0.2, 0.25) is 0 Å². The molecular weight excluding hydrogens is 325 g/mol. The average Bonchev–Trinajstić information content (AvgIpc) is 2.52. The first kappa shape index (κ1) is 18.1. The third-order valence-electron chi connectivity index (χ3n) is 2.82. The molecule has 0 aromatic heterocycles. The highest BCUT2D eigenvalue weighted by molar-refractivity contribution is 6.40. The third-order valence-corrected chi connectivity index (χ3v) is 3.35. The molecule has 1 amide bonds. The van der Waals surface area contributed by atoms with E-state index >= 15 is 0 Å². The summed E-state index contributed by atoms with van der Waals surface area (Å²) in [6, 6.07) is 5.34. The zero-order chi connectivity index (χ0) is 16.7. The Kier molecular flexibility index (Phi) is 7.02. The molecule has 0 heterocycles. The topological polar surface area (TPSA) is 47.6 Å². The third kappa shape index (κ3) is 4.55. The van der Waals surface area contributed by atoms with Gasteiger partial charge in [-0.2, -0.15) is 0 Å². The zero-order valence-electron chi connectivity index (χ0n) is 12.4. The van der Waals surface area contributed by atoms with E-state index in [-0.39, 0.29) is 22.2 Å². The van der Waals surface area contributed by atoms with Crippen molar-refractivity contribution >= 4 is 29.1 Å². The van der Waals surface area contributed by atoms with Crippen molar-refractivity contribution in [3.63, 3.8) is 0 Å². The largest absolute Gasteiger partial charge is 0.493 e. The maximum atomic E-state index is 12.1. The van der Waals surface area contributed by atoms with Crippen LogP contribution in [0.3, 0.4) is 0 Å². The Bertz CT molecular complexity index is 624. The van der Waals surface area contributed by atoms with Gasteiger partial charge in [-0.1, -0.05) is 42.4 Å². The van der Waals surface area contributed by atoms with E-state index in [0.717, 1.165) is 5.56 Å². The fourth-order valence-corrected chi connectivity index (χ4v) is 2.16. The lowest BCUT2D eigenvalue weighted by Crippen LogP contribution is -2.25. The van der Waals surface area contributed by atoms with E-state index in [0.29, 0.717) is 11.5 Å². The summed E-state index contributed by atoms with van der Waals surface area (Å²) in [7, 11) is 3.10. The lowest BCUT2D eigenvalue weighted by Gasteiger charge is -2.11. The van der Waals surface area contributed by atoms with Crippen LogP contribution in [0.25, 0.3) is 0 Å². The van der Waals surface area contributed by atoms with Gasteiger partial charge >= 0.3 is 0 Å². The summed E-state index contributed by atoms with van der Waals surface area (Å²) in [5, 5.41) is 2.91. The van der Waals surface area contributed by atoms with E-state index in [4.69, 9.17) is 32.7 Å². The van der Waals surface area contributed by atoms with Crippen molar-refractivity contribution in [3.8, 4) is 11.5 Å². The highest BCUT2D eigenvalue weighted by Crippen LogP contribution is 2.27. The number of hydrogen-bond donors (Lipinski definition) is 1. The van der Waals surface area contributed by atoms with Crippen LogP contribution in [0.4, 0.5) is 0 Å². The van der Waals surface area contributed by atoms with Gasteiger partial charge < -0.3 is 14.8 Å². The van der Waals surface area contributed by atoms with E-state index in [1.165, 1.54) is 6.08 Å². The molecule has 0 bridgehead atoms. The fourth-order valence-electron chi connectivity index (χ4n) is 1.72. The fraction of sp³-hybridized carbons (Fsp3) is 0.188. The van der Waals surface area contributed by atoms with E-state index < -0.39 is 5.91 Å². The van der Waals surface area contributed by atoms with Crippen molar-refractivity contribution in [3.05, 3.63) is 58.6 Å². The van der Waals surface area contributed by atoms with Crippen molar-refractivity contribution in [1.29, 1.82) is 0 Å². The quantitative estimate of drug-likeness (QED) is 0.606. The molecule has 1 rings (SSSR count). The van der Waals surface area contributed by atoms with E-state index in [1.54, 1.807) is 26.4 Å². The highest BCUT2D eigenvalue weighted by atomic mass is 35.5. The van der Waals surface area contributed by atoms with Gasteiger partial charge in [0.15, 0.2) is 11.5 Å². The molecule has 1 N–H and O–H groups in total. The van der Waals surface area contributed by atoms with Crippen molar-refractivity contribution in [2.75, 3.05) is 14.2 Å². The summed E-state index contributed by atoms with van der Waals surface area (Å²) in [5.41, 5.74) is 0.930. The summed E-state index contributed by atoms with van der Waals surface area (Å²) < 4.78 is 10.4. The lowest BCUT2D eigenvalue weighted by molar-refractivity contribution is -0.117. The standard InChI is InChI=1S/C16H17Cl2NO3/c1-5-12(18)15(10(2)17)16(20)19-9-11-6-7-13(21-3)14(8-11)22-4/h5-8H,1-2,9H2,3-4H3,(H,19,20)/b15-12-. The number of allylic oxidation sites excluding steroid dienone is 2. The normalized spacial score (nSPS) is 11.3. The number of methoxy groups -OCH3 is 2. The smallest absolute Gasteiger partial charge is 0.254 e. The van der Waals surface area contributed by atoms with Crippen LogP contribution in [-0.4, -0.2) is 20.1 Å². The molecule has 22 heavy (non-hydrogen) atoms. The molecule has 0 saturated carbocycles. The van der Waals surface area contributed by atoms with E-state index in [1.807, 2.05) is 6.07 Å².